The second-order valence-corrected chi connectivity index (χ2v) is 4.26. The number of Topliss-reactive ketones (excluding diaryl/α,β-unsaturated/α-hetero) is 1. The van der Waals surface area contributed by atoms with E-state index in [9.17, 15) is 9.90 Å². The van der Waals surface area contributed by atoms with Gasteiger partial charge in [-0.25, -0.2) is 0 Å². The third kappa shape index (κ3) is 3.17. The Bertz CT molecular complexity index is 342. The van der Waals surface area contributed by atoms with Gasteiger partial charge in [-0.3, -0.25) is 4.79 Å². The molecule has 2 heteroatoms. The molecule has 0 aliphatic carbocycles. The van der Waals surface area contributed by atoms with E-state index in [1.165, 1.54) is 0 Å². The largest absolute Gasteiger partial charge is 0.385 e. The summed E-state index contributed by atoms with van der Waals surface area (Å²) in [5.74, 6) is -0.110. The molecule has 0 heterocycles. The molecule has 1 aromatic rings. The first-order valence-corrected chi connectivity index (χ1v) is 5.27. The third-order valence-corrected chi connectivity index (χ3v) is 2.59. The standard InChI is InChI=1S/C13H18O2/c1-9(2)13(15)12(14)8-11-7-5-4-6-10(11)3/h4-7,9,13,15H,8H2,1-3H3. The summed E-state index contributed by atoms with van der Waals surface area (Å²) in [4.78, 5) is 11.7. The molecule has 0 radical (unpaired) electrons. The first-order valence-electron chi connectivity index (χ1n) is 5.27. The zero-order valence-corrected chi connectivity index (χ0v) is 9.53. The van der Waals surface area contributed by atoms with Gasteiger partial charge in [-0.05, 0) is 24.0 Å². The van der Waals surface area contributed by atoms with Crippen LogP contribution in [0.15, 0.2) is 24.3 Å². The van der Waals surface area contributed by atoms with Crippen molar-refractivity contribution in [3.8, 4) is 0 Å². The van der Waals surface area contributed by atoms with E-state index in [0.29, 0.717) is 6.42 Å². The van der Waals surface area contributed by atoms with E-state index in [1.807, 2.05) is 45.0 Å². The Morgan fingerprint density at radius 3 is 2.47 bits per heavy atom. The van der Waals surface area contributed by atoms with Crippen molar-refractivity contribution in [1.82, 2.24) is 0 Å². The van der Waals surface area contributed by atoms with Gasteiger partial charge in [0, 0.05) is 6.42 Å². The van der Waals surface area contributed by atoms with Crippen molar-refractivity contribution in [2.24, 2.45) is 5.92 Å². The number of rotatable bonds is 4. The second-order valence-electron chi connectivity index (χ2n) is 4.26. The number of benzene rings is 1. The third-order valence-electron chi connectivity index (χ3n) is 2.59. The molecule has 0 bridgehead atoms. The highest BCUT2D eigenvalue weighted by Crippen LogP contribution is 2.11. The first-order chi connectivity index (χ1) is 7.02. The van der Waals surface area contributed by atoms with E-state index in [-0.39, 0.29) is 11.7 Å². The molecule has 0 fully saturated rings. The normalized spacial score (nSPS) is 12.9. The average molecular weight is 206 g/mol. The molecule has 0 amide bonds. The van der Waals surface area contributed by atoms with Crippen LogP contribution in [0.25, 0.3) is 0 Å². The van der Waals surface area contributed by atoms with Gasteiger partial charge in [0.1, 0.15) is 6.10 Å². The molecule has 15 heavy (non-hydrogen) atoms. The van der Waals surface area contributed by atoms with Crippen molar-refractivity contribution in [2.45, 2.75) is 33.3 Å². The Balaban J connectivity index is 2.71. The van der Waals surface area contributed by atoms with Crippen molar-refractivity contribution in [3.63, 3.8) is 0 Å². The van der Waals surface area contributed by atoms with Crippen LogP contribution in [0.1, 0.15) is 25.0 Å². The molecule has 0 spiro atoms. The fourth-order valence-corrected chi connectivity index (χ4v) is 1.47. The molecule has 2 nitrogen and oxygen atoms in total. The molecule has 0 aliphatic heterocycles. The summed E-state index contributed by atoms with van der Waals surface area (Å²) >= 11 is 0. The van der Waals surface area contributed by atoms with Gasteiger partial charge in [0.25, 0.3) is 0 Å². The minimum atomic E-state index is -0.843. The Kier molecular flexibility index (Phi) is 4.04. The molecule has 1 unspecified atom stereocenters. The highest BCUT2D eigenvalue weighted by atomic mass is 16.3. The molecule has 1 atom stereocenters. The van der Waals surface area contributed by atoms with Gasteiger partial charge in [0.15, 0.2) is 5.78 Å². The number of aliphatic hydroxyl groups excluding tert-OH is 1. The lowest BCUT2D eigenvalue weighted by atomic mass is 9.96. The first kappa shape index (κ1) is 11.9. The van der Waals surface area contributed by atoms with Crippen LogP contribution < -0.4 is 0 Å². The lowest BCUT2D eigenvalue weighted by Crippen LogP contribution is -2.27. The van der Waals surface area contributed by atoms with Gasteiger partial charge in [-0.2, -0.15) is 0 Å². The van der Waals surface area contributed by atoms with Crippen LogP contribution in [0, 0.1) is 12.8 Å². The van der Waals surface area contributed by atoms with E-state index in [0.717, 1.165) is 11.1 Å². The predicted molar refractivity (Wildman–Crippen MR) is 60.7 cm³/mol. The van der Waals surface area contributed by atoms with Crippen molar-refractivity contribution in [3.05, 3.63) is 35.4 Å². The van der Waals surface area contributed by atoms with Gasteiger partial charge < -0.3 is 5.11 Å². The number of carbonyl (C=O) groups is 1. The number of aryl methyl sites for hydroxylation is 1. The highest BCUT2D eigenvalue weighted by molar-refractivity contribution is 5.85. The number of carbonyl (C=O) groups excluding carboxylic acids is 1. The van der Waals surface area contributed by atoms with E-state index in [4.69, 9.17) is 0 Å². The second kappa shape index (κ2) is 5.08. The summed E-state index contributed by atoms with van der Waals surface area (Å²) in [5.41, 5.74) is 2.10. The maximum atomic E-state index is 11.7. The number of ketones is 1. The van der Waals surface area contributed by atoms with Gasteiger partial charge in [0.2, 0.25) is 0 Å². The van der Waals surface area contributed by atoms with Gasteiger partial charge in [-0.1, -0.05) is 38.1 Å². The molecular weight excluding hydrogens is 188 g/mol. The van der Waals surface area contributed by atoms with Crippen LogP contribution in [-0.2, 0) is 11.2 Å². The number of hydrogen-bond donors (Lipinski definition) is 1. The Hall–Kier alpha value is -1.15. The van der Waals surface area contributed by atoms with Crippen LogP contribution in [0.2, 0.25) is 0 Å². The maximum absolute atomic E-state index is 11.7. The van der Waals surface area contributed by atoms with Crippen molar-refractivity contribution >= 4 is 5.78 Å². The van der Waals surface area contributed by atoms with Crippen molar-refractivity contribution < 1.29 is 9.90 Å². The Morgan fingerprint density at radius 1 is 1.33 bits per heavy atom. The molecule has 1 N–H and O–H groups in total. The SMILES string of the molecule is Cc1ccccc1CC(=O)C(O)C(C)C. The summed E-state index contributed by atoms with van der Waals surface area (Å²) < 4.78 is 0. The quantitative estimate of drug-likeness (QED) is 0.819. The Morgan fingerprint density at radius 2 is 1.93 bits per heavy atom. The highest BCUT2D eigenvalue weighted by Gasteiger charge is 2.19. The molecule has 82 valence electrons. The average Bonchev–Trinajstić information content (AvgIpc) is 2.20. The topological polar surface area (TPSA) is 37.3 Å². The molecular formula is C13H18O2. The summed E-state index contributed by atoms with van der Waals surface area (Å²) in [6.07, 6.45) is -0.518. The molecule has 0 saturated heterocycles. The lowest BCUT2D eigenvalue weighted by Gasteiger charge is -2.13. The molecule has 0 aliphatic rings. The van der Waals surface area contributed by atoms with Crippen LogP contribution in [0.5, 0.6) is 0 Å². The van der Waals surface area contributed by atoms with Crippen molar-refractivity contribution in [2.75, 3.05) is 0 Å². The van der Waals surface area contributed by atoms with E-state index in [2.05, 4.69) is 0 Å². The van der Waals surface area contributed by atoms with Gasteiger partial charge in [-0.15, -0.1) is 0 Å². The maximum Gasteiger partial charge on any atom is 0.165 e. The fourth-order valence-electron chi connectivity index (χ4n) is 1.47. The summed E-state index contributed by atoms with van der Waals surface area (Å²) in [5, 5.41) is 9.60. The van der Waals surface area contributed by atoms with Crippen LogP contribution in [-0.4, -0.2) is 17.0 Å². The van der Waals surface area contributed by atoms with Crippen molar-refractivity contribution in [1.29, 1.82) is 0 Å². The van der Waals surface area contributed by atoms with Crippen LogP contribution in [0.3, 0.4) is 0 Å². The molecule has 1 aromatic carbocycles. The minimum Gasteiger partial charge on any atom is -0.385 e. The zero-order chi connectivity index (χ0) is 11.4. The summed E-state index contributed by atoms with van der Waals surface area (Å²) in [7, 11) is 0. The van der Waals surface area contributed by atoms with Gasteiger partial charge >= 0.3 is 0 Å². The molecule has 0 saturated carbocycles. The van der Waals surface area contributed by atoms with E-state index >= 15 is 0 Å². The zero-order valence-electron chi connectivity index (χ0n) is 9.53. The summed E-state index contributed by atoms with van der Waals surface area (Å²) in [6.45, 7) is 5.67. The van der Waals surface area contributed by atoms with Gasteiger partial charge in [0.05, 0.1) is 0 Å². The van der Waals surface area contributed by atoms with E-state index in [1.54, 1.807) is 0 Å². The monoisotopic (exact) mass is 206 g/mol. The number of aliphatic hydroxyl groups is 1. The van der Waals surface area contributed by atoms with E-state index < -0.39 is 6.10 Å². The smallest absolute Gasteiger partial charge is 0.165 e. The van der Waals surface area contributed by atoms with Crippen LogP contribution in [0.4, 0.5) is 0 Å². The lowest BCUT2D eigenvalue weighted by molar-refractivity contribution is -0.128. The Labute approximate surface area is 90.9 Å². The fraction of sp³-hybridized carbons (Fsp3) is 0.462. The summed E-state index contributed by atoms with van der Waals surface area (Å²) in [6, 6.07) is 7.77. The number of hydrogen-bond acceptors (Lipinski definition) is 2. The molecule has 1 rings (SSSR count). The molecule has 0 aromatic heterocycles. The predicted octanol–water partition coefficient (Wildman–Crippen LogP) is 2.12. The van der Waals surface area contributed by atoms with Crippen LogP contribution >= 0.6 is 0 Å². The minimum absolute atomic E-state index is 0.0125.